The van der Waals surface area contributed by atoms with Crippen molar-refractivity contribution in [2.24, 2.45) is 0 Å². The monoisotopic (exact) mass is 493 g/mol. The summed E-state index contributed by atoms with van der Waals surface area (Å²) in [5.41, 5.74) is 2.84. The average molecular weight is 494 g/mol. The first-order valence-corrected chi connectivity index (χ1v) is 13.2. The van der Waals surface area contributed by atoms with Crippen LogP contribution < -0.4 is 10.1 Å². The van der Waals surface area contributed by atoms with Gasteiger partial charge in [-0.25, -0.2) is 4.39 Å². The molecule has 2 fully saturated rings. The highest BCUT2D eigenvalue weighted by Crippen LogP contribution is 2.32. The second-order valence-electron chi connectivity index (χ2n) is 10.5. The van der Waals surface area contributed by atoms with Gasteiger partial charge in [0.05, 0.1) is 7.11 Å². The molecule has 2 amide bonds. The van der Waals surface area contributed by atoms with Crippen LogP contribution in [0.2, 0.25) is 0 Å². The van der Waals surface area contributed by atoms with E-state index in [0.29, 0.717) is 49.5 Å². The zero-order chi connectivity index (χ0) is 25.1. The number of carbonyl (C=O) groups is 2. The molecule has 0 aromatic heterocycles. The second kappa shape index (κ2) is 10.6. The lowest BCUT2D eigenvalue weighted by Gasteiger charge is -2.41. The van der Waals surface area contributed by atoms with Gasteiger partial charge >= 0.3 is 0 Å². The van der Waals surface area contributed by atoms with Crippen LogP contribution in [-0.4, -0.2) is 66.5 Å². The molecule has 0 unspecified atom stereocenters. The normalized spacial score (nSPS) is 24.3. The summed E-state index contributed by atoms with van der Waals surface area (Å²) in [6.07, 6.45) is 5.61. The fraction of sp³-hybridized carbons (Fsp3) is 0.517. The van der Waals surface area contributed by atoms with Gasteiger partial charge in [0.25, 0.3) is 0 Å². The summed E-state index contributed by atoms with van der Waals surface area (Å²) in [4.78, 5) is 29.8. The number of amides is 2. The Balaban J connectivity index is 1.16. The summed E-state index contributed by atoms with van der Waals surface area (Å²) < 4.78 is 19.8. The molecule has 5 rings (SSSR count). The number of ether oxygens (including phenoxy) is 1. The third-order valence-electron chi connectivity index (χ3n) is 8.34. The average Bonchev–Trinajstić information content (AvgIpc) is 3.28. The predicted octanol–water partition coefficient (Wildman–Crippen LogP) is 3.51. The van der Waals surface area contributed by atoms with Gasteiger partial charge in [0.2, 0.25) is 11.8 Å². The fourth-order valence-electron chi connectivity index (χ4n) is 6.19. The number of aryl methyl sites for hydroxylation is 1. The molecule has 2 aliphatic heterocycles. The van der Waals surface area contributed by atoms with Crippen LogP contribution in [0.25, 0.3) is 0 Å². The first-order valence-electron chi connectivity index (χ1n) is 13.2. The number of hydrogen-bond donors (Lipinski definition) is 1. The zero-order valence-electron chi connectivity index (χ0n) is 21.1. The highest BCUT2D eigenvalue weighted by atomic mass is 19.1. The highest BCUT2D eigenvalue weighted by molar-refractivity contribution is 5.80. The van der Waals surface area contributed by atoms with Crippen molar-refractivity contribution in [2.75, 3.05) is 33.3 Å². The second-order valence-corrected chi connectivity index (χ2v) is 10.5. The minimum atomic E-state index is -0.600. The van der Waals surface area contributed by atoms with E-state index in [4.69, 9.17) is 4.74 Å². The Hall–Kier alpha value is -2.93. The largest absolute Gasteiger partial charge is 0.497 e. The van der Waals surface area contributed by atoms with Gasteiger partial charge in [0, 0.05) is 50.6 Å². The molecule has 36 heavy (non-hydrogen) atoms. The van der Waals surface area contributed by atoms with Gasteiger partial charge in [-0.05, 0) is 73.4 Å². The smallest absolute Gasteiger partial charge is 0.222 e. The zero-order valence-corrected chi connectivity index (χ0v) is 21.1. The summed E-state index contributed by atoms with van der Waals surface area (Å²) in [6.45, 7) is 3.27. The van der Waals surface area contributed by atoms with Crippen molar-refractivity contribution in [3.8, 4) is 5.75 Å². The Kier molecular flexibility index (Phi) is 7.28. The molecule has 1 aliphatic carbocycles. The Morgan fingerprint density at radius 2 is 1.89 bits per heavy atom. The molecule has 0 radical (unpaired) electrons. The number of nitrogens with zero attached hydrogens (tertiary/aromatic N) is 2. The van der Waals surface area contributed by atoms with Gasteiger partial charge in [-0.1, -0.05) is 24.3 Å². The SMILES string of the molecule is COc1ccc(F)c(C[C@]2(CCC(=O)N3CCN([C@H]4CCc5ccccc5C4)CC3)CCC(=O)N2)c1. The highest BCUT2D eigenvalue weighted by Gasteiger charge is 2.39. The van der Waals surface area contributed by atoms with Gasteiger partial charge in [-0.15, -0.1) is 0 Å². The molecule has 192 valence electrons. The molecule has 2 heterocycles. The third-order valence-corrected chi connectivity index (χ3v) is 8.34. The van der Waals surface area contributed by atoms with Crippen LogP contribution in [-0.2, 0) is 28.9 Å². The predicted molar refractivity (Wildman–Crippen MR) is 136 cm³/mol. The van der Waals surface area contributed by atoms with E-state index < -0.39 is 5.54 Å². The van der Waals surface area contributed by atoms with E-state index >= 15 is 0 Å². The van der Waals surface area contributed by atoms with Crippen molar-refractivity contribution in [1.29, 1.82) is 0 Å². The van der Waals surface area contributed by atoms with Gasteiger partial charge < -0.3 is 15.0 Å². The van der Waals surface area contributed by atoms with Crippen molar-refractivity contribution in [3.63, 3.8) is 0 Å². The summed E-state index contributed by atoms with van der Waals surface area (Å²) in [5.74, 6) is 0.356. The van der Waals surface area contributed by atoms with E-state index in [1.165, 1.54) is 23.6 Å². The van der Waals surface area contributed by atoms with Crippen LogP contribution in [0.15, 0.2) is 42.5 Å². The fourth-order valence-corrected chi connectivity index (χ4v) is 6.19. The van der Waals surface area contributed by atoms with Crippen LogP contribution >= 0.6 is 0 Å². The van der Waals surface area contributed by atoms with Gasteiger partial charge in [-0.3, -0.25) is 14.5 Å². The third kappa shape index (κ3) is 5.41. The van der Waals surface area contributed by atoms with E-state index in [1.807, 2.05) is 4.90 Å². The molecule has 0 spiro atoms. The van der Waals surface area contributed by atoms with Crippen LogP contribution in [0.4, 0.5) is 4.39 Å². The number of piperazine rings is 1. The van der Waals surface area contributed by atoms with Gasteiger partial charge in [0.15, 0.2) is 0 Å². The van der Waals surface area contributed by atoms with Crippen LogP contribution in [0, 0.1) is 5.82 Å². The molecule has 2 saturated heterocycles. The Labute approximate surface area is 212 Å². The van der Waals surface area contributed by atoms with Gasteiger partial charge in [0.1, 0.15) is 11.6 Å². The van der Waals surface area contributed by atoms with E-state index in [9.17, 15) is 14.0 Å². The van der Waals surface area contributed by atoms with Gasteiger partial charge in [-0.2, -0.15) is 0 Å². The van der Waals surface area contributed by atoms with Crippen LogP contribution in [0.3, 0.4) is 0 Å². The van der Waals surface area contributed by atoms with Crippen LogP contribution in [0.1, 0.15) is 48.8 Å². The van der Waals surface area contributed by atoms with E-state index in [-0.39, 0.29) is 17.6 Å². The molecule has 3 aliphatic rings. The molecule has 0 bridgehead atoms. The topological polar surface area (TPSA) is 61.9 Å². The molecule has 1 N–H and O–H groups in total. The number of fused-ring (bicyclic) bond motifs is 1. The van der Waals surface area contributed by atoms with Crippen molar-refractivity contribution in [1.82, 2.24) is 15.1 Å². The molecule has 2 atom stereocenters. The lowest BCUT2D eigenvalue weighted by atomic mass is 9.84. The minimum Gasteiger partial charge on any atom is -0.497 e. The maximum absolute atomic E-state index is 14.5. The van der Waals surface area contributed by atoms with E-state index in [1.54, 1.807) is 19.2 Å². The number of carbonyl (C=O) groups excluding carboxylic acids is 2. The minimum absolute atomic E-state index is 0.0339. The van der Waals surface area contributed by atoms with Crippen molar-refractivity contribution < 1.29 is 18.7 Å². The summed E-state index contributed by atoms with van der Waals surface area (Å²) in [7, 11) is 1.55. The molecule has 0 saturated carbocycles. The molecule has 2 aromatic carbocycles. The van der Waals surface area contributed by atoms with Crippen LogP contribution in [0.5, 0.6) is 5.75 Å². The summed E-state index contributed by atoms with van der Waals surface area (Å²) >= 11 is 0. The Bertz CT molecular complexity index is 1110. The number of hydrogen-bond acceptors (Lipinski definition) is 4. The standard InChI is InChI=1S/C29H36FN3O3/c1-36-25-8-9-26(30)23(19-25)20-29(12-10-27(34)31-29)13-11-28(35)33-16-14-32(15-17-33)24-7-6-21-4-2-3-5-22(21)18-24/h2-5,8-9,19,24H,6-7,10-18,20H2,1H3,(H,31,34)/t24-,29+/m0/s1. The maximum Gasteiger partial charge on any atom is 0.222 e. The molecule has 7 heteroatoms. The number of methoxy groups -OCH3 is 1. The maximum atomic E-state index is 14.5. The summed E-state index contributed by atoms with van der Waals surface area (Å²) in [6, 6.07) is 14.0. The summed E-state index contributed by atoms with van der Waals surface area (Å²) in [5, 5.41) is 3.07. The molecular formula is C29H36FN3O3. The Morgan fingerprint density at radius 3 is 2.61 bits per heavy atom. The molecule has 6 nitrogen and oxygen atoms in total. The number of rotatable bonds is 7. The lowest BCUT2D eigenvalue weighted by Crippen LogP contribution is -2.53. The Morgan fingerprint density at radius 1 is 1.11 bits per heavy atom. The first-order chi connectivity index (χ1) is 17.4. The number of nitrogens with one attached hydrogen (secondary N) is 1. The number of halogens is 1. The number of benzene rings is 2. The molecular weight excluding hydrogens is 457 g/mol. The quantitative estimate of drug-likeness (QED) is 0.641. The van der Waals surface area contributed by atoms with Crippen molar-refractivity contribution >= 4 is 11.8 Å². The van der Waals surface area contributed by atoms with Crippen molar-refractivity contribution in [3.05, 3.63) is 65.0 Å². The molecule has 2 aromatic rings. The first kappa shape index (κ1) is 24.8. The van der Waals surface area contributed by atoms with Crippen molar-refractivity contribution in [2.45, 2.75) is 62.9 Å². The van der Waals surface area contributed by atoms with E-state index in [2.05, 4.69) is 34.5 Å². The lowest BCUT2D eigenvalue weighted by molar-refractivity contribution is -0.134. The van der Waals surface area contributed by atoms with E-state index in [0.717, 1.165) is 39.0 Å².